The standard InChI is InChI=1S/C65H97N23O21S4/c1-6-29(4)50-62(105)84-42(65(108)109)25-113-112-24-41-58(101)81-38(21-89)55(98)79-36(14-32-20-71-27-73-32)63(106)87-11-7-9-43(87)59(102)74-30(5)51(94)82-40(23-111-110-22-39(56(99)83-41)75-48(93)18-66)57(100)76-35(16-46(68)91)54(97)85-49(28(2)3)61(104)78-34(15-45(67)90)52(95)80-37(17-47(69)92)64(107)88-12-8-10-44(88)60(103)77-33(53(96)86-50)13-31-19-70-26-72-31/h19-20,26-30,33-44,49-50,89H,6-18,21-25,66H2,1-5H3,(H2,67,90)(H2,68,91)(H2,69,92)(H,70,72)(H,71,73)(H,74,102)(H,75,93)(H,76,100)(H,77,103)(H,78,104)(H,79,98)(H,80,95)(H,81,101)(H,82,94)(H,83,99)(H,84,105)(H,85,97)(H,86,96)(H,108,109)/t29-,30-,33-,34-,35-,36-,37-,38-,39-,40-,41-,42-,43-,44-,49-,50-/m0/s1. The van der Waals surface area contributed by atoms with Gasteiger partial charge in [-0.25, -0.2) is 14.8 Å². The number of hydrogen-bond donors (Lipinski definition) is 21. The molecule has 113 heavy (non-hydrogen) atoms. The van der Waals surface area contributed by atoms with Gasteiger partial charge in [-0.15, -0.1) is 0 Å². The van der Waals surface area contributed by atoms with Crippen LogP contribution in [-0.2, 0) is 104 Å². The summed E-state index contributed by atoms with van der Waals surface area (Å²) in [5.41, 5.74) is 23.0. The van der Waals surface area contributed by atoms with Gasteiger partial charge >= 0.3 is 5.97 Å². The van der Waals surface area contributed by atoms with Crippen molar-refractivity contribution >= 4 is 155 Å². The number of carbonyl (C=O) groups excluding carboxylic acids is 18. The fraction of sp³-hybridized carbons (Fsp3) is 0.615. The highest BCUT2D eigenvalue weighted by molar-refractivity contribution is 8.77. The van der Waals surface area contributed by atoms with Gasteiger partial charge in [0.05, 0.1) is 45.1 Å². The first-order chi connectivity index (χ1) is 53.5. The minimum absolute atomic E-state index is 0.0225. The number of rotatable bonds is 17. The van der Waals surface area contributed by atoms with E-state index >= 15 is 0 Å². The molecule has 18 amide bonds. The number of amides is 18. The van der Waals surface area contributed by atoms with Crippen LogP contribution in [0.3, 0.4) is 0 Å². The van der Waals surface area contributed by atoms with E-state index in [-0.39, 0.29) is 69.4 Å². The largest absolute Gasteiger partial charge is 0.480 e. The van der Waals surface area contributed by atoms with E-state index in [1.165, 1.54) is 45.8 Å². The zero-order chi connectivity index (χ0) is 83.5. The summed E-state index contributed by atoms with van der Waals surface area (Å²) in [5, 5.41) is 53.0. The molecule has 622 valence electrons. The number of imidazole rings is 2. The smallest absolute Gasteiger partial charge is 0.327 e. The van der Waals surface area contributed by atoms with Gasteiger partial charge in [-0.2, -0.15) is 0 Å². The van der Waals surface area contributed by atoms with Gasteiger partial charge in [-0.1, -0.05) is 77.3 Å². The lowest BCUT2D eigenvalue weighted by molar-refractivity contribution is -0.144. The molecule has 0 unspecified atom stereocenters. The Morgan fingerprint density at radius 3 is 1.43 bits per heavy atom. The van der Waals surface area contributed by atoms with Gasteiger partial charge in [0.15, 0.2) is 0 Å². The van der Waals surface area contributed by atoms with Crippen molar-refractivity contribution in [2.75, 3.05) is 49.3 Å². The van der Waals surface area contributed by atoms with Crippen molar-refractivity contribution in [2.24, 2.45) is 34.8 Å². The number of aliphatic hydroxyl groups excluding tert-OH is 1. The molecule has 25 N–H and O–H groups in total. The summed E-state index contributed by atoms with van der Waals surface area (Å²) < 4.78 is 0. The van der Waals surface area contributed by atoms with Crippen molar-refractivity contribution in [3.05, 3.63) is 36.4 Å². The van der Waals surface area contributed by atoms with E-state index in [1.54, 1.807) is 13.8 Å². The second-order valence-corrected chi connectivity index (χ2v) is 32.4. The maximum atomic E-state index is 14.7. The van der Waals surface area contributed by atoms with Crippen molar-refractivity contribution in [3.8, 4) is 0 Å². The van der Waals surface area contributed by atoms with Crippen LogP contribution in [0.4, 0.5) is 0 Å². The van der Waals surface area contributed by atoms with E-state index in [0.29, 0.717) is 0 Å². The molecule has 0 radical (unpaired) electrons. The zero-order valence-corrected chi connectivity index (χ0v) is 65.5. The van der Waals surface area contributed by atoms with Gasteiger partial charge < -0.3 is 122 Å². The van der Waals surface area contributed by atoms with E-state index in [0.717, 1.165) is 53.0 Å². The third-order valence-corrected chi connectivity index (χ3v) is 23.3. The number of primary amides is 3. The van der Waals surface area contributed by atoms with Gasteiger partial charge in [-0.05, 0) is 44.4 Å². The molecule has 0 saturated carbocycles. The van der Waals surface area contributed by atoms with Crippen molar-refractivity contribution in [1.82, 2.24) is 98.9 Å². The summed E-state index contributed by atoms with van der Waals surface area (Å²) in [6, 6.07) is -25.6. The Balaban J connectivity index is 1.47. The number of aliphatic carboxylic acids is 1. The first kappa shape index (κ1) is 91.5. The molecule has 48 heteroatoms. The van der Waals surface area contributed by atoms with Crippen LogP contribution in [0.25, 0.3) is 0 Å². The predicted octanol–water partition coefficient (Wildman–Crippen LogP) is -9.62. The maximum Gasteiger partial charge on any atom is 0.327 e. The lowest BCUT2D eigenvalue weighted by Crippen LogP contribution is -2.62. The number of nitrogens with two attached hydrogens (primary N) is 4. The molecule has 16 atom stereocenters. The number of carbonyl (C=O) groups is 19. The highest BCUT2D eigenvalue weighted by atomic mass is 33.1. The Kier molecular flexibility index (Phi) is 35.8. The van der Waals surface area contributed by atoms with Crippen LogP contribution < -0.4 is 92.1 Å². The normalized spacial score (nSPS) is 28.0. The number of fused-ring (bicyclic) bond motifs is 10. The summed E-state index contributed by atoms with van der Waals surface area (Å²) in [7, 11) is 3.00. The average molecular weight is 1660 g/mol. The molecule has 4 aliphatic rings. The number of H-pyrrole nitrogens is 2. The first-order valence-corrected chi connectivity index (χ1v) is 40.9. The highest BCUT2D eigenvalue weighted by Crippen LogP contribution is 2.27. The molecular formula is C65H97N23O21S4. The molecule has 2 aromatic heterocycles. The van der Waals surface area contributed by atoms with Gasteiger partial charge in [0.1, 0.15) is 90.6 Å². The van der Waals surface area contributed by atoms with E-state index in [2.05, 4.69) is 89.1 Å². The van der Waals surface area contributed by atoms with E-state index in [9.17, 15) is 101 Å². The Morgan fingerprint density at radius 1 is 0.504 bits per heavy atom. The van der Waals surface area contributed by atoms with Crippen molar-refractivity contribution in [1.29, 1.82) is 0 Å². The van der Waals surface area contributed by atoms with Crippen molar-refractivity contribution in [3.63, 3.8) is 0 Å². The quantitative estimate of drug-likeness (QED) is 0.0654. The molecule has 2 aromatic rings. The third kappa shape index (κ3) is 27.5. The lowest BCUT2D eigenvalue weighted by Gasteiger charge is -2.31. The monoisotopic (exact) mass is 1660 g/mol. The van der Waals surface area contributed by atoms with Gasteiger partial charge in [0, 0.05) is 72.7 Å². The fourth-order valence-electron chi connectivity index (χ4n) is 12.1. The molecule has 0 aliphatic carbocycles. The number of nitrogens with zero attached hydrogens (tertiary/aromatic N) is 4. The summed E-state index contributed by atoms with van der Waals surface area (Å²) in [6.45, 7) is 5.15. The number of carboxylic acids is 1. The zero-order valence-electron chi connectivity index (χ0n) is 62.2. The number of hydrogen-bond acceptors (Lipinski definition) is 27. The lowest BCUT2D eigenvalue weighted by atomic mass is 9.97. The van der Waals surface area contributed by atoms with Gasteiger partial charge in [0.2, 0.25) is 106 Å². The number of aromatic nitrogens is 4. The molecule has 6 heterocycles. The summed E-state index contributed by atoms with van der Waals surface area (Å²) in [5.74, 6) is -25.3. The van der Waals surface area contributed by atoms with E-state index in [1.807, 2.05) is 0 Å². The Bertz CT molecular complexity index is 3810. The summed E-state index contributed by atoms with van der Waals surface area (Å²) in [4.78, 5) is 283. The average Bonchev–Trinajstić information content (AvgIpc) is 1.73. The number of aliphatic hydroxyl groups is 1. The van der Waals surface area contributed by atoms with Crippen LogP contribution in [0.15, 0.2) is 25.0 Å². The molecule has 4 aliphatic heterocycles. The molecule has 44 nitrogen and oxygen atoms in total. The second-order valence-electron chi connectivity index (χ2n) is 27.3. The van der Waals surface area contributed by atoms with Crippen LogP contribution >= 0.6 is 43.2 Å². The van der Waals surface area contributed by atoms with Crippen LogP contribution in [-0.4, -0.2) is 292 Å². The molecule has 0 aromatic carbocycles. The fourth-order valence-corrected chi connectivity index (χ4v) is 16.7. The van der Waals surface area contributed by atoms with Crippen molar-refractivity contribution < 1.29 is 101 Å². The molecular weight excluding hydrogens is 1570 g/mol. The highest BCUT2D eigenvalue weighted by Gasteiger charge is 2.45. The molecule has 6 rings (SSSR count). The van der Waals surface area contributed by atoms with Crippen LogP contribution in [0, 0.1) is 11.8 Å². The van der Waals surface area contributed by atoms with E-state index < -0.39 is 270 Å². The van der Waals surface area contributed by atoms with Crippen LogP contribution in [0.5, 0.6) is 0 Å². The predicted molar refractivity (Wildman–Crippen MR) is 404 cm³/mol. The number of aromatic amines is 2. The molecule has 0 spiro atoms. The molecule has 2 bridgehead atoms. The van der Waals surface area contributed by atoms with Gasteiger partial charge in [0.25, 0.3) is 0 Å². The van der Waals surface area contributed by atoms with Crippen molar-refractivity contribution in [2.45, 2.75) is 189 Å². The summed E-state index contributed by atoms with van der Waals surface area (Å²) >= 11 is 0. The Labute approximate surface area is 662 Å². The number of nitrogens with one attached hydrogen (secondary N) is 15. The first-order valence-electron chi connectivity index (χ1n) is 35.9. The molecule has 4 fully saturated rings. The second kappa shape index (κ2) is 44.2. The SMILES string of the molecule is CC[C@H](C)[C@@H]1NC(=O)[C@H](Cc2cnc[nH]2)NC(=O)[C@@H]2CCCN2C(=O)[C@H](CC(N)=O)NC(=O)[C@H](CC(N)=O)NC(=O)[C@H](C(C)C)NC(=O)[C@H](CC(N)=O)NC(=O)[C@@H]2CSSC[C@H](NC(=O)CN)C(=O)N[C@@H](CSSC[C@@H](C(=O)O)NC1=O)C(=O)N[C@@H](CO)C(=O)N[C@@H](Cc1cnc[nH]1)C(=O)N1CCC[C@H]1C(=O)N[C@@H](C)C(=O)N2. The Hall–Kier alpha value is -10.3. The Morgan fingerprint density at radius 2 is 0.929 bits per heavy atom. The topological polar surface area (TPSA) is 689 Å². The molecule has 4 saturated heterocycles. The van der Waals surface area contributed by atoms with E-state index in [4.69, 9.17) is 22.9 Å². The van der Waals surface area contributed by atoms with Crippen LogP contribution in [0.1, 0.15) is 97.4 Å². The van der Waals surface area contributed by atoms with Crippen LogP contribution in [0.2, 0.25) is 0 Å². The minimum atomic E-state index is -2.01. The van der Waals surface area contributed by atoms with Gasteiger partial charge in [-0.3, -0.25) is 86.3 Å². The summed E-state index contributed by atoms with van der Waals surface area (Å²) in [6.07, 6.45) is 2.11. The third-order valence-electron chi connectivity index (χ3n) is 18.4. The number of carboxylic acid groups (broad SMARTS) is 1. The maximum absolute atomic E-state index is 14.7. The minimum Gasteiger partial charge on any atom is -0.480 e.